The molecule has 1 fully saturated rings. The fourth-order valence-electron chi connectivity index (χ4n) is 3.85. The van der Waals surface area contributed by atoms with Gasteiger partial charge in [0.05, 0.1) is 0 Å². The Morgan fingerprint density at radius 1 is 1.07 bits per heavy atom. The van der Waals surface area contributed by atoms with E-state index in [0.29, 0.717) is 6.54 Å². The lowest BCUT2D eigenvalue weighted by Crippen LogP contribution is -2.52. The lowest BCUT2D eigenvalue weighted by atomic mass is 10.1. The fraction of sp³-hybridized carbons (Fsp3) is 0.348. The van der Waals surface area contributed by atoms with E-state index in [1.165, 1.54) is 16.8 Å². The number of pyridine rings is 1. The van der Waals surface area contributed by atoms with Gasteiger partial charge >= 0.3 is 0 Å². The lowest BCUT2D eigenvalue weighted by Gasteiger charge is -2.38. The molecule has 0 spiro atoms. The Kier molecular flexibility index (Phi) is 5.97. The zero-order chi connectivity index (χ0) is 20.9. The number of aryl methyl sites for hydroxylation is 1. The SMILES string of the molecule is CN=C(NCc1ccnc(-n2cccn2)c1)N1CCN(c2cccc(C)c2C)CC1. The summed E-state index contributed by atoms with van der Waals surface area (Å²) < 4.78 is 1.77. The summed E-state index contributed by atoms with van der Waals surface area (Å²) >= 11 is 0. The molecule has 1 aliphatic heterocycles. The highest BCUT2D eigenvalue weighted by Gasteiger charge is 2.21. The number of aromatic nitrogens is 3. The van der Waals surface area contributed by atoms with Crippen molar-refractivity contribution >= 4 is 11.6 Å². The van der Waals surface area contributed by atoms with E-state index in [1.807, 2.05) is 37.6 Å². The Bertz CT molecular complexity index is 1000. The van der Waals surface area contributed by atoms with Crippen molar-refractivity contribution < 1.29 is 0 Å². The molecule has 0 bridgehead atoms. The van der Waals surface area contributed by atoms with Gasteiger partial charge in [-0.05, 0) is 54.8 Å². The summed E-state index contributed by atoms with van der Waals surface area (Å²) in [6.07, 6.45) is 5.47. The molecule has 0 unspecified atom stereocenters. The van der Waals surface area contributed by atoms with E-state index >= 15 is 0 Å². The van der Waals surface area contributed by atoms with E-state index in [4.69, 9.17) is 0 Å². The van der Waals surface area contributed by atoms with Crippen molar-refractivity contribution in [1.82, 2.24) is 25.0 Å². The number of benzene rings is 1. The summed E-state index contributed by atoms with van der Waals surface area (Å²) in [5, 5.41) is 7.76. The predicted molar refractivity (Wildman–Crippen MR) is 121 cm³/mol. The third-order valence-electron chi connectivity index (χ3n) is 5.71. The number of rotatable bonds is 4. The Hall–Kier alpha value is -3.35. The van der Waals surface area contributed by atoms with Crippen LogP contribution in [0.1, 0.15) is 16.7 Å². The van der Waals surface area contributed by atoms with E-state index in [-0.39, 0.29) is 0 Å². The van der Waals surface area contributed by atoms with Gasteiger partial charge in [0, 0.05) is 64.0 Å². The van der Waals surface area contributed by atoms with Crippen molar-refractivity contribution in [2.45, 2.75) is 20.4 Å². The number of nitrogens with zero attached hydrogens (tertiary/aromatic N) is 6. The highest BCUT2D eigenvalue weighted by Crippen LogP contribution is 2.23. The molecule has 0 atom stereocenters. The Morgan fingerprint density at radius 2 is 1.90 bits per heavy atom. The van der Waals surface area contributed by atoms with Crippen LogP contribution in [0.3, 0.4) is 0 Å². The van der Waals surface area contributed by atoms with Gasteiger partial charge in [-0.2, -0.15) is 5.10 Å². The minimum Gasteiger partial charge on any atom is -0.368 e. The summed E-state index contributed by atoms with van der Waals surface area (Å²) in [6, 6.07) is 12.5. The molecule has 3 heterocycles. The zero-order valence-corrected chi connectivity index (χ0v) is 17.9. The Balaban J connectivity index is 1.36. The number of guanidine groups is 1. The second kappa shape index (κ2) is 8.98. The number of anilines is 1. The molecule has 156 valence electrons. The second-order valence-corrected chi connectivity index (χ2v) is 7.57. The first kappa shape index (κ1) is 19.9. The summed E-state index contributed by atoms with van der Waals surface area (Å²) in [7, 11) is 1.85. The van der Waals surface area contributed by atoms with E-state index in [0.717, 1.165) is 43.5 Å². The first-order valence-electron chi connectivity index (χ1n) is 10.4. The largest absolute Gasteiger partial charge is 0.368 e. The topological polar surface area (TPSA) is 61.6 Å². The van der Waals surface area contributed by atoms with Crippen LogP contribution in [0, 0.1) is 13.8 Å². The van der Waals surface area contributed by atoms with Crippen LogP contribution in [-0.4, -0.2) is 58.9 Å². The minimum absolute atomic E-state index is 0.695. The van der Waals surface area contributed by atoms with Gasteiger partial charge in [-0.25, -0.2) is 9.67 Å². The Labute approximate surface area is 178 Å². The van der Waals surface area contributed by atoms with Crippen LogP contribution in [0.2, 0.25) is 0 Å². The molecular formula is C23H29N7. The van der Waals surface area contributed by atoms with Gasteiger partial charge in [-0.3, -0.25) is 4.99 Å². The average Bonchev–Trinajstić information content (AvgIpc) is 3.32. The maximum atomic E-state index is 4.51. The average molecular weight is 404 g/mol. The van der Waals surface area contributed by atoms with Gasteiger partial charge in [-0.15, -0.1) is 0 Å². The molecule has 1 N–H and O–H groups in total. The third kappa shape index (κ3) is 4.30. The van der Waals surface area contributed by atoms with Crippen LogP contribution < -0.4 is 10.2 Å². The van der Waals surface area contributed by atoms with Crippen molar-refractivity contribution in [3.63, 3.8) is 0 Å². The van der Waals surface area contributed by atoms with Crippen LogP contribution in [0.4, 0.5) is 5.69 Å². The van der Waals surface area contributed by atoms with Crippen molar-refractivity contribution in [1.29, 1.82) is 0 Å². The van der Waals surface area contributed by atoms with Crippen molar-refractivity contribution in [2.24, 2.45) is 4.99 Å². The summed E-state index contributed by atoms with van der Waals surface area (Å²) in [5.41, 5.74) is 5.21. The summed E-state index contributed by atoms with van der Waals surface area (Å²) in [4.78, 5) is 13.7. The van der Waals surface area contributed by atoms with Crippen molar-refractivity contribution in [2.75, 3.05) is 38.1 Å². The molecule has 0 amide bonds. The van der Waals surface area contributed by atoms with Crippen LogP contribution in [0.15, 0.2) is 60.0 Å². The van der Waals surface area contributed by atoms with Gasteiger partial charge in [-0.1, -0.05) is 12.1 Å². The minimum atomic E-state index is 0.695. The first-order chi connectivity index (χ1) is 14.7. The van der Waals surface area contributed by atoms with Crippen molar-refractivity contribution in [3.05, 3.63) is 71.7 Å². The number of hydrogen-bond acceptors (Lipinski definition) is 4. The molecular weight excluding hydrogens is 374 g/mol. The van der Waals surface area contributed by atoms with Crippen LogP contribution in [0.5, 0.6) is 0 Å². The summed E-state index contributed by atoms with van der Waals surface area (Å²) in [6.45, 7) is 8.96. The van der Waals surface area contributed by atoms with Gasteiger partial charge in [0.15, 0.2) is 11.8 Å². The van der Waals surface area contributed by atoms with Gasteiger partial charge in [0.25, 0.3) is 0 Å². The molecule has 7 nitrogen and oxygen atoms in total. The van der Waals surface area contributed by atoms with Crippen LogP contribution >= 0.6 is 0 Å². The molecule has 1 aliphatic rings. The normalized spacial score (nSPS) is 14.8. The zero-order valence-electron chi connectivity index (χ0n) is 17.9. The quantitative estimate of drug-likeness (QED) is 0.536. The maximum absolute atomic E-state index is 4.51. The first-order valence-corrected chi connectivity index (χ1v) is 10.4. The molecule has 1 aromatic carbocycles. The molecule has 0 radical (unpaired) electrons. The van der Waals surface area contributed by atoms with E-state index in [9.17, 15) is 0 Å². The van der Waals surface area contributed by atoms with E-state index in [1.54, 1.807) is 10.9 Å². The lowest BCUT2D eigenvalue weighted by molar-refractivity contribution is 0.372. The standard InChI is InChI=1S/C23H29N7/c1-18-6-4-7-21(19(18)2)28-12-14-29(15-13-28)23(24-3)26-17-20-8-10-25-22(16-20)30-11-5-9-27-30/h4-11,16H,12-15,17H2,1-3H3,(H,24,26). The van der Waals surface area contributed by atoms with Crippen LogP contribution in [0.25, 0.3) is 5.82 Å². The predicted octanol–water partition coefficient (Wildman–Crippen LogP) is 2.78. The fourth-order valence-corrected chi connectivity index (χ4v) is 3.85. The number of piperazine rings is 1. The molecule has 0 aliphatic carbocycles. The van der Waals surface area contributed by atoms with Crippen molar-refractivity contribution in [3.8, 4) is 5.82 Å². The molecule has 0 saturated carbocycles. The van der Waals surface area contributed by atoms with Crippen LogP contribution in [-0.2, 0) is 6.54 Å². The van der Waals surface area contributed by atoms with Gasteiger partial charge in [0.1, 0.15) is 0 Å². The Morgan fingerprint density at radius 3 is 2.63 bits per heavy atom. The molecule has 3 aromatic rings. The number of hydrogen-bond donors (Lipinski definition) is 1. The highest BCUT2D eigenvalue weighted by atomic mass is 15.3. The molecule has 30 heavy (non-hydrogen) atoms. The second-order valence-electron chi connectivity index (χ2n) is 7.57. The molecule has 1 saturated heterocycles. The maximum Gasteiger partial charge on any atom is 0.194 e. The van der Waals surface area contributed by atoms with Gasteiger partial charge < -0.3 is 15.1 Å². The molecule has 7 heteroatoms. The van der Waals surface area contributed by atoms with Gasteiger partial charge in [0.2, 0.25) is 0 Å². The monoisotopic (exact) mass is 403 g/mol. The highest BCUT2D eigenvalue weighted by molar-refractivity contribution is 5.80. The molecule has 2 aromatic heterocycles. The third-order valence-corrected chi connectivity index (χ3v) is 5.71. The van der Waals surface area contributed by atoms with E-state index in [2.05, 4.69) is 62.2 Å². The van der Waals surface area contributed by atoms with E-state index < -0.39 is 0 Å². The number of nitrogens with one attached hydrogen (secondary N) is 1. The smallest absolute Gasteiger partial charge is 0.194 e. The molecule has 4 rings (SSSR count). The summed E-state index contributed by atoms with van der Waals surface area (Å²) in [5.74, 6) is 1.75. The number of aliphatic imine (C=N–C) groups is 1.